The molecule has 0 fully saturated rings. The molecule has 21 heavy (non-hydrogen) atoms. The van der Waals surface area contributed by atoms with Gasteiger partial charge >= 0.3 is 0 Å². The Labute approximate surface area is 128 Å². The molecule has 7 heteroatoms. The summed E-state index contributed by atoms with van der Waals surface area (Å²) in [4.78, 5) is 23.0. The van der Waals surface area contributed by atoms with E-state index in [0.29, 0.717) is 11.3 Å². The predicted octanol–water partition coefficient (Wildman–Crippen LogP) is 2.31. The fourth-order valence-electron chi connectivity index (χ4n) is 1.99. The number of aromatic nitrogens is 4. The number of aromatic amines is 1. The van der Waals surface area contributed by atoms with Gasteiger partial charge in [-0.15, -0.1) is 0 Å². The summed E-state index contributed by atoms with van der Waals surface area (Å²) >= 11 is 3.32. The predicted molar refractivity (Wildman–Crippen MR) is 81.9 cm³/mol. The summed E-state index contributed by atoms with van der Waals surface area (Å²) in [6.45, 7) is 0. The monoisotopic (exact) mass is 346 g/mol. The normalized spacial score (nSPS) is 10.8. The molecule has 6 nitrogen and oxygen atoms in total. The molecule has 3 rings (SSSR count). The van der Waals surface area contributed by atoms with Crippen LogP contribution < -0.4 is 5.56 Å². The highest BCUT2D eigenvalue weighted by Gasteiger charge is 2.14. The molecule has 0 atom stereocenters. The van der Waals surface area contributed by atoms with Crippen molar-refractivity contribution in [3.8, 4) is 28.5 Å². The average Bonchev–Trinajstić information content (AvgIpc) is 2.87. The molecular formula is C14H11BrN4O2. The van der Waals surface area contributed by atoms with Crippen molar-refractivity contribution >= 4 is 15.9 Å². The van der Waals surface area contributed by atoms with Gasteiger partial charge in [0.05, 0.1) is 6.33 Å². The van der Waals surface area contributed by atoms with E-state index in [4.69, 9.17) is 0 Å². The topological polar surface area (TPSA) is 83.8 Å². The summed E-state index contributed by atoms with van der Waals surface area (Å²) in [6.07, 6.45) is 3.30. The molecule has 0 bridgehead atoms. The summed E-state index contributed by atoms with van der Waals surface area (Å²) < 4.78 is 2.62. The molecule has 2 aromatic heterocycles. The Balaban J connectivity index is 2.12. The number of aromatic hydroxyl groups is 1. The molecule has 2 N–H and O–H groups in total. The molecule has 0 aliphatic carbocycles. The average molecular weight is 347 g/mol. The van der Waals surface area contributed by atoms with E-state index < -0.39 is 5.56 Å². The Hall–Kier alpha value is -2.41. The highest BCUT2D eigenvalue weighted by molar-refractivity contribution is 9.10. The van der Waals surface area contributed by atoms with E-state index in [9.17, 15) is 9.90 Å². The van der Waals surface area contributed by atoms with Crippen LogP contribution in [0.2, 0.25) is 0 Å². The van der Waals surface area contributed by atoms with Crippen molar-refractivity contribution in [3.63, 3.8) is 0 Å². The second-order valence-electron chi connectivity index (χ2n) is 4.54. The molecule has 0 radical (unpaired) electrons. The van der Waals surface area contributed by atoms with Crippen LogP contribution in [0.1, 0.15) is 0 Å². The first-order valence-corrected chi connectivity index (χ1v) is 6.91. The molecule has 0 unspecified atom stereocenters. The van der Waals surface area contributed by atoms with Gasteiger partial charge in [0.15, 0.2) is 5.82 Å². The van der Waals surface area contributed by atoms with Gasteiger partial charge in [-0.05, 0) is 17.7 Å². The summed E-state index contributed by atoms with van der Waals surface area (Å²) in [7, 11) is 1.81. The van der Waals surface area contributed by atoms with Crippen LogP contribution in [0.5, 0.6) is 5.88 Å². The standard InChI is InChI=1S/C14H11BrN4O2/c1-19-6-10(16-7-19)12-17-13(20)11(14(21)18-12)8-2-4-9(15)5-3-8/h2-7H,1H3,(H2,17,18,20,21). The number of nitrogens with one attached hydrogen (secondary N) is 1. The van der Waals surface area contributed by atoms with Crippen LogP contribution in [0.15, 0.2) is 46.1 Å². The molecule has 2 heterocycles. The molecule has 106 valence electrons. The Bertz CT molecular complexity index is 852. The van der Waals surface area contributed by atoms with Crippen molar-refractivity contribution < 1.29 is 5.11 Å². The minimum Gasteiger partial charge on any atom is -0.493 e. The number of rotatable bonds is 2. The highest BCUT2D eigenvalue weighted by Crippen LogP contribution is 2.26. The van der Waals surface area contributed by atoms with E-state index in [1.807, 2.05) is 7.05 Å². The summed E-state index contributed by atoms with van der Waals surface area (Å²) in [5.41, 5.74) is 0.817. The maximum Gasteiger partial charge on any atom is 0.262 e. The Morgan fingerprint density at radius 3 is 2.57 bits per heavy atom. The van der Waals surface area contributed by atoms with E-state index in [-0.39, 0.29) is 17.3 Å². The van der Waals surface area contributed by atoms with Crippen LogP contribution in [-0.2, 0) is 7.05 Å². The van der Waals surface area contributed by atoms with Gasteiger partial charge in [-0.3, -0.25) is 4.79 Å². The maximum atomic E-state index is 12.2. The lowest BCUT2D eigenvalue weighted by molar-refractivity contribution is 0.454. The number of H-pyrrole nitrogens is 1. The van der Waals surface area contributed by atoms with Crippen LogP contribution >= 0.6 is 15.9 Å². The van der Waals surface area contributed by atoms with E-state index in [1.54, 1.807) is 41.4 Å². The van der Waals surface area contributed by atoms with Crippen LogP contribution in [0.4, 0.5) is 0 Å². The van der Waals surface area contributed by atoms with Gasteiger partial charge in [-0.1, -0.05) is 28.1 Å². The number of nitrogens with zero attached hydrogens (tertiary/aromatic N) is 3. The molecule has 0 spiro atoms. The molecule has 3 aromatic rings. The van der Waals surface area contributed by atoms with Crippen molar-refractivity contribution in [1.29, 1.82) is 0 Å². The van der Waals surface area contributed by atoms with Crippen LogP contribution in [0, 0.1) is 0 Å². The molecule has 0 amide bonds. The Morgan fingerprint density at radius 2 is 2.00 bits per heavy atom. The summed E-state index contributed by atoms with van der Waals surface area (Å²) in [5, 5.41) is 10.1. The van der Waals surface area contributed by atoms with Gasteiger partial charge in [0.25, 0.3) is 5.56 Å². The van der Waals surface area contributed by atoms with Crippen LogP contribution in [0.3, 0.4) is 0 Å². The van der Waals surface area contributed by atoms with Gasteiger partial charge in [0.2, 0.25) is 5.88 Å². The molecule has 0 aliphatic rings. The molecule has 0 aliphatic heterocycles. The molecular weight excluding hydrogens is 336 g/mol. The minimum atomic E-state index is -0.412. The third kappa shape index (κ3) is 2.59. The first-order valence-electron chi connectivity index (χ1n) is 6.12. The van der Waals surface area contributed by atoms with Crippen molar-refractivity contribution in [3.05, 3.63) is 51.6 Å². The van der Waals surface area contributed by atoms with E-state index >= 15 is 0 Å². The largest absolute Gasteiger partial charge is 0.493 e. The fourth-order valence-corrected chi connectivity index (χ4v) is 2.26. The lowest BCUT2D eigenvalue weighted by atomic mass is 10.1. The Kier molecular flexibility index (Phi) is 3.34. The van der Waals surface area contributed by atoms with E-state index in [0.717, 1.165) is 4.47 Å². The van der Waals surface area contributed by atoms with Gasteiger partial charge in [0, 0.05) is 17.7 Å². The van der Waals surface area contributed by atoms with Gasteiger partial charge in [-0.2, -0.15) is 4.98 Å². The third-order valence-corrected chi connectivity index (χ3v) is 3.51. The van der Waals surface area contributed by atoms with Crippen LogP contribution in [0.25, 0.3) is 22.6 Å². The molecule has 0 saturated carbocycles. The van der Waals surface area contributed by atoms with Crippen molar-refractivity contribution in [1.82, 2.24) is 19.5 Å². The second-order valence-corrected chi connectivity index (χ2v) is 5.46. The minimum absolute atomic E-state index is 0.141. The van der Waals surface area contributed by atoms with Gasteiger partial charge < -0.3 is 14.7 Å². The van der Waals surface area contributed by atoms with Gasteiger partial charge in [0.1, 0.15) is 11.3 Å². The summed E-state index contributed by atoms with van der Waals surface area (Å²) in [6, 6.07) is 7.05. The lowest BCUT2D eigenvalue weighted by Gasteiger charge is -2.05. The van der Waals surface area contributed by atoms with E-state index in [2.05, 4.69) is 30.9 Å². The zero-order valence-electron chi connectivity index (χ0n) is 11.0. The molecule has 1 aromatic carbocycles. The van der Waals surface area contributed by atoms with Crippen LogP contribution in [-0.4, -0.2) is 24.6 Å². The zero-order valence-corrected chi connectivity index (χ0v) is 12.6. The number of hydrogen-bond donors (Lipinski definition) is 2. The smallest absolute Gasteiger partial charge is 0.262 e. The van der Waals surface area contributed by atoms with Crippen molar-refractivity contribution in [2.24, 2.45) is 7.05 Å². The number of imidazole rings is 1. The number of halogens is 1. The number of benzene rings is 1. The first kappa shape index (κ1) is 13.6. The highest BCUT2D eigenvalue weighted by atomic mass is 79.9. The SMILES string of the molecule is Cn1cnc(-c2nc(O)c(-c3ccc(Br)cc3)c(=O)[nH]2)c1. The molecule has 0 saturated heterocycles. The second kappa shape index (κ2) is 5.17. The Morgan fingerprint density at radius 1 is 1.29 bits per heavy atom. The van der Waals surface area contributed by atoms with Gasteiger partial charge in [-0.25, -0.2) is 4.98 Å². The lowest BCUT2D eigenvalue weighted by Crippen LogP contribution is -2.12. The number of aryl methyl sites for hydroxylation is 1. The zero-order chi connectivity index (χ0) is 15.0. The third-order valence-electron chi connectivity index (χ3n) is 2.98. The maximum absolute atomic E-state index is 12.2. The quantitative estimate of drug-likeness (QED) is 0.745. The first-order chi connectivity index (χ1) is 10.0. The summed E-state index contributed by atoms with van der Waals surface area (Å²) in [5.74, 6) is -0.0827. The van der Waals surface area contributed by atoms with Crippen molar-refractivity contribution in [2.45, 2.75) is 0 Å². The fraction of sp³-hybridized carbons (Fsp3) is 0.0714. The van der Waals surface area contributed by atoms with E-state index in [1.165, 1.54) is 0 Å². The number of hydrogen-bond acceptors (Lipinski definition) is 4. The van der Waals surface area contributed by atoms with Crippen molar-refractivity contribution in [2.75, 3.05) is 0 Å².